The van der Waals surface area contributed by atoms with E-state index in [4.69, 9.17) is 18.9 Å². The van der Waals surface area contributed by atoms with Crippen molar-refractivity contribution in [3.8, 4) is 22.6 Å². The molecule has 7 nitrogen and oxygen atoms in total. The number of amides is 1. The number of nitrogens with zero attached hydrogens (tertiary/aromatic N) is 1. The summed E-state index contributed by atoms with van der Waals surface area (Å²) in [5.74, 6) is 1.38. The van der Waals surface area contributed by atoms with Gasteiger partial charge in [-0.2, -0.15) is 0 Å². The lowest BCUT2D eigenvalue weighted by Gasteiger charge is -2.47. The van der Waals surface area contributed by atoms with E-state index in [1.807, 2.05) is 60.4 Å². The van der Waals surface area contributed by atoms with Crippen LogP contribution in [0.2, 0.25) is 0 Å². The fraction of sp³-hybridized carbons (Fsp3) is 0.394. The number of hydrogen-bond acceptors (Lipinski definition) is 6. The minimum atomic E-state index is -0.318. The second kappa shape index (κ2) is 11.7. The average Bonchev–Trinajstić information content (AvgIpc) is 3.30. The molecular weight excluding hydrogens is 506 g/mol. The van der Waals surface area contributed by atoms with Gasteiger partial charge < -0.3 is 18.9 Å². The maximum absolute atomic E-state index is 13.4. The van der Waals surface area contributed by atoms with Crippen molar-refractivity contribution in [1.29, 1.82) is 0 Å². The molecule has 3 aromatic rings. The molecule has 2 saturated heterocycles. The third-order valence-corrected chi connectivity index (χ3v) is 8.28. The third kappa shape index (κ3) is 5.18. The van der Waals surface area contributed by atoms with Crippen LogP contribution in [0.25, 0.3) is 11.1 Å². The molecule has 3 aliphatic rings. The fourth-order valence-electron chi connectivity index (χ4n) is 6.45. The molecule has 0 N–H and O–H groups in total. The summed E-state index contributed by atoms with van der Waals surface area (Å²) in [5, 5.41) is 0. The van der Waals surface area contributed by atoms with Crippen molar-refractivity contribution < 1.29 is 28.5 Å². The third-order valence-electron chi connectivity index (χ3n) is 8.28. The van der Waals surface area contributed by atoms with Crippen LogP contribution in [0.15, 0.2) is 72.8 Å². The maximum Gasteiger partial charge on any atom is 0.410 e. The van der Waals surface area contributed by atoms with Gasteiger partial charge in [-0.3, -0.25) is 9.69 Å². The predicted octanol–water partition coefficient (Wildman–Crippen LogP) is 5.85. The first-order valence-corrected chi connectivity index (χ1v) is 14.2. The quantitative estimate of drug-likeness (QED) is 0.338. The van der Waals surface area contributed by atoms with E-state index in [1.165, 1.54) is 22.3 Å². The lowest BCUT2D eigenvalue weighted by atomic mass is 9.82. The van der Waals surface area contributed by atoms with Crippen LogP contribution in [0, 0.1) is 5.92 Å². The summed E-state index contributed by atoms with van der Waals surface area (Å²) in [4.78, 5) is 28.4. The number of carbonyl (C=O) groups is 2. The molecule has 7 heteroatoms. The van der Waals surface area contributed by atoms with E-state index in [0.29, 0.717) is 57.2 Å². The largest absolute Gasteiger partial charge is 0.490 e. The Morgan fingerprint density at radius 3 is 2.02 bits per heavy atom. The number of morpholine rings is 1. The van der Waals surface area contributed by atoms with Gasteiger partial charge in [0.25, 0.3) is 0 Å². The van der Waals surface area contributed by atoms with Crippen LogP contribution in [0.3, 0.4) is 0 Å². The molecule has 1 amide bonds. The van der Waals surface area contributed by atoms with Crippen LogP contribution < -0.4 is 9.47 Å². The monoisotopic (exact) mass is 541 g/mol. The highest BCUT2D eigenvalue weighted by Crippen LogP contribution is 2.44. The topological polar surface area (TPSA) is 74.3 Å². The summed E-state index contributed by atoms with van der Waals surface area (Å²) in [6, 6.07) is 23.8. The molecule has 2 bridgehead atoms. The van der Waals surface area contributed by atoms with E-state index in [-0.39, 0.29) is 42.4 Å². The summed E-state index contributed by atoms with van der Waals surface area (Å²) in [7, 11) is 0. The van der Waals surface area contributed by atoms with Crippen LogP contribution in [0.5, 0.6) is 11.5 Å². The summed E-state index contributed by atoms with van der Waals surface area (Å²) < 4.78 is 23.3. The average molecular weight is 542 g/mol. The zero-order chi connectivity index (χ0) is 27.5. The summed E-state index contributed by atoms with van der Waals surface area (Å²) in [6.45, 7) is 3.89. The molecule has 2 aliphatic heterocycles. The van der Waals surface area contributed by atoms with Gasteiger partial charge in [-0.1, -0.05) is 60.7 Å². The molecule has 1 aliphatic carbocycles. The molecule has 2 fully saturated rings. The Hall–Kier alpha value is -3.84. The van der Waals surface area contributed by atoms with Crippen molar-refractivity contribution in [3.63, 3.8) is 0 Å². The number of carbonyl (C=O) groups excluding carboxylic acids is 2. The molecule has 0 radical (unpaired) electrons. The van der Waals surface area contributed by atoms with E-state index in [0.717, 1.165) is 0 Å². The molecule has 2 unspecified atom stereocenters. The molecule has 0 saturated carbocycles. The summed E-state index contributed by atoms with van der Waals surface area (Å²) in [6.07, 6.45) is 1.16. The van der Waals surface area contributed by atoms with Gasteiger partial charge in [-0.25, -0.2) is 4.79 Å². The Labute approximate surface area is 235 Å². The van der Waals surface area contributed by atoms with Crippen LogP contribution in [-0.2, 0) is 14.3 Å². The minimum absolute atomic E-state index is 0.0133. The molecular formula is C33H35NO6. The van der Waals surface area contributed by atoms with Gasteiger partial charge in [0.1, 0.15) is 12.4 Å². The maximum atomic E-state index is 13.4. The molecule has 2 heterocycles. The van der Waals surface area contributed by atoms with Crippen molar-refractivity contribution >= 4 is 11.9 Å². The summed E-state index contributed by atoms with van der Waals surface area (Å²) >= 11 is 0. The first-order valence-electron chi connectivity index (χ1n) is 14.2. The Morgan fingerprint density at radius 1 is 0.825 bits per heavy atom. The van der Waals surface area contributed by atoms with Crippen LogP contribution in [-0.4, -0.2) is 61.9 Å². The fourth-order valence-corrected chi connectivity index (χ4v) is 6.45. The van der Waals surface area contributed by atoms with Crippen LogP contribution in [0.4, 0.5) is 4.79 Å². The van der Waals surface area contributed by atoms with Crippen molar-refractivity contribution in [3.05, 3.63) is 83.9 Å². The highest BCUT2D eigenvalue weighted by molar-refractivity contribution is 5.82. The molecule has 3 aromatic carbocycles. The second-order valence-electron chi connectivity index (χ2n) is 10.7. The van der Waals surface area contributed by atoms with Gasteiger partial charge in [0.05, 0.1) is 38.5 Å². The number of Topliss-reactive ketones (excluding diaryl/α,β-unsaturated/α-hetero) is 1. The molecule has 6 rings (SSSR count). The molecule has 40 heavy (non-hydrogen) atoms. The standard InChI is InChI=1S/C33H35NO6/c1-2-38-31-13-7-8-14-32(31)39-16-15-30(35)22-17-23-19-37-20-24(18-22)34(23)33(36)40-21-29-27-11-5-3-9-25(27)26-10-4-6-12-28(26)29/h3-14,22-24,29H,2,15-21H2,1H3. The number of fused-ring (bicyclic) bond motifs is 5. The first kappa shape index (κ1) is 26.4. The SMILES string of the molecule is CCOc1ccccc1OCCC(=O)C1CC2COCC(C1)N2C(=O)OCC1c2ccccc2-c2ccccc21. The lowest BCUT2D eigenvalue weighted by molar-refractivity contribution is -0.131. The van der Waals surface area contributed by atoms with E-state index in [1.54, 1.807) is 0 Å². The van der Waals surface area contributed by atoms with Gasteiger partial charge in [0.2, 0.25) is 0 Å². The van der Waals surface area contributed by atoms with E-state index in [9.17, 15) is 9.59 Å². The van der Waals surface area contributed by atoms with Crippen molar-refractivity contribution in [2.45, 2.75) is 44.2 Å². The van der Waals surface area contributed by atoms with Gasteiger partial charge in [-0.05, 0) is 54.2 Å². The Bertz CT molecular complexity index is 1310. The van der Waals surface area contributed by atoms with E-state index in [2.05, 4.69) is 24.3 Å². The zero-order valence-electron chi connectivity index (χ0n) is 22.8. The zero-order valence-corrected chi connectivity index (χ0v) is 22.8. The van der Waals surface area contributed by atoms with Crippen LogP contribution in [0.1, 0.15) is 43.2 Å². The number of ether oxygens (including phenoxy) is 4. The number of hydrogen-bond donors (Lipinski definition) is 0. The number of piperidine rings is 1. The highest BCUT2D eigenvalue weighted by atomic mass is 16.6. The van der Waals surface area contributed by atoms with Gasteiger partial charge >= 0.3 is 6.09 Å². The number of ketones is 1. The van der Waals surface area contributed by atoms with Gasteiger partial charge in [0.15, 0.2) is 11.5 Å². The van der Waals surface area contributed by atoms with Crippen molar-refractivity contribution in [2.75, 3.05) is 33.0 Å². The predicted molar refractivity (Wildman–Crippen MR) is 151 cm³/mol. The number of benzene rings is 3. The van der Waals surface area contributed by atoms with Crippen LogP contribution >= 0.6 is 0 Å². The van der Waals surface area contributed by atoms with Gasteiger partial charge in [-0.15, -0.1) is 0 Å². The van der Waals surface area contributed by atoms with Crippen molar-refractivity contribution in [2.24, 2.45) is 5.92 Å². The summed E-state index contributed by atoms with van der Waals surface area (Å²) in [5.41, 5.74) is 4.79. The Morgan fingerprint density at radius 2 is 1.40 bits per heavy atom. The molecule has 208 valence electrons. The Kier molecular flexibility index (Phi) is 7.73. The second-order valence-corrected chi connectivity index (χ2v) is 10.7. The molecule has 0 spiro atoms. The minimum Gasteiger partial charge on any atom is -0.490 e. The first-order chi connectivity index (χ1) is 19.6. The smallest absolute Gasteiger partial charge is 0.410 e. The van der Waals surface area contributed by atoms with Crippen molar-refractivity contribution in [1.82, 2.24) is 4.90 Å². The van der Waals surface area contributed by atoms with Gasteiger partial charge in [0, 0.05) is 18.3 Å². The Balaban J connectivity index is 1.06. The molecule has 0 aromatic heterocycles. The van der Waals surface area contributed by atoms with E-state index < -0.39 is 0 Å². The number of rotatable bonds is 9. The number of para-hydroxylation sites is 2. The van der Waals surface area contributed by atoms with E-state index >= 15 is 0 Å². The lowest BCUT2D eigenvalue weighted by Crippen LogP contribution is -2.60. The highest BCUT2D eigenvalue weighted by Gasteiger charge is 2.44. The normalized spacial score (nSPS) is 21.3. The molecule has 2 atom stereocenters.